The number of nitriles is 1. The van der Waals surface area contributed by atoms with Gasteiger partial charge in [-0.15, -0.1) is 0 Å². The maximum absolute atomic E-state index is 12.9. The first-order chi connectivity index (χ1) is 12.1. The minimum atomic E-state index is -0.653. The van der Waals surface area contributed by atoms with Gasteiger partial charge in [0.15, 0.2) is 5.82 Å². The number of hydrogen-bond donors (Lipinski definition) is 2. The van der Waals surface area contributed by atoms with Crippen molar-refractivity contribution in [2.24, 2.45) is 5.92 Å². The summed E-state index contributed by atoms with van der Waals surface area (Å²) in [5, 5.41) is 15.2. The van der Waals surface area contributed by atoms with E-state index in [2.05, 4.69) is 43.6 Å². The predicted octanol–water partition coefficient (Wildman–Crippen LogP) is 2.94. The molecular formula is C17H20FN7. The van der Waals surface area contributed by atoms with Crippen molar-refractivity contribution in [3.8, 4) is 17.6 Å². The third-order valence-corrected chi connectivity index (χ3v) is 4.03. The summed E-state index contributed by atoms with van der Waals surface area (Å²) < 4.78 is 12.9. The molecule has 1 aliphatic rings. The van der Waals surface area contributed by atoms with Gasteiger partial charge in [0.05, 0.1) is 11.8 Å². The van der Waals surface area contributed by atoms with Crippen LogP contribution in [-0.4, -0.2) is 32.0 Å². The van der Waals surface area contributed by atoms with Crippen molar-refractivity contribution in [2.75, 3.05) is 10.6 Å². The first-order valence-electron chi connectivity index (χ1n) is 8.30. The normalized spacial score (nSPS) is 15.9. The van der Waals surface area contributed by atoms with Crippen LogP contribution in [0.3, 0.4) is 0 Å². The van der Waals surface area contributed by atoms with Crippen LogP contribution in [0.5, 0.6) is 0 Å². The van der Waals surface area contributed by atoms with Gasteiger partial charge in [-0.05, 0) is 44.7 Å². The summed E-state index contributed by atoms with van der Waals surface area (Å²) in [5.41, 5.74) is 0.783. The van der Waals surface area contributed by atoms with Crippen LogP contribution < -0.4 is 10.6 Å². The molecule has 2 atom stereocenters. The number of nitrogens with one attached hydrogen (secondary N) is 2. The van der Waals surface area contributed by atoms with E-state index in [4.69, 9.17) is 5.26 Å². The first-order valence-corrected chi connectivity index (χ1v) is 8.30. The molecule has 0 saturated heterocycles. The number of pyridine rings is 1. The SMILES string of the molecule is CC(C#N)Nc1nc(N[C@H](C)C2CC2)nc(-c2cccc(CF)n2)n1. The first kappa shape index (κ1) is 17.0. The highest BCUT2D eigenvalue weighted by Crippen LogP contribution is 2.33. The molecule has 3 rings (SSSR count). The zero-order chi connectivity index (χ0) is 17.8. The zero-order valence-corrected chi connectivity index (χ0v) is 14.2. The van der Waals surface area contributed by atoms with E-state index in [0.29, 0.717) is 29.1 Å². The molecule has 0 aromatic carbocycles. The van der Waals surface area contributed by atoms with Gasteiger partial charge >= 0.3 is 0 Å². The van der Waals surface area contributed by atoms with E-state index in [0.717, 1.165) is 0 Å². The number of hydrogen-bond acceptors (Lipinski definition) is 7. The van der Waals surface area contributed by atoms with Gasteiger partial charge in [0.1, 0.15) is 18.4 Å². The fraction of sp³-hybridized carbons (Fsp3) is 0.471. The van der Waals surface area contributed by atoms with Crippen molar-refractivity contribution < 1.29 is 4.39 Å². The Hall–Kier alpha value is -2.82. The third kappa shape index (κ3) is 4.38. The van der Waals surface area contributed by atoms with E-state index < -0.39 is 12.7 Å². The molecule has 2 heterocycles. The molecule has 8 heteroatoms. The number of anilines is 2. The summed E-state index contributed by atoms with van der Waals surface area (Å²) in [6.45, 7) is 3.15. The van der Waals surface area contributed by atoms with Gasteiger partial charge in [0.25, 0.3) is 0 Å². The summed E-state index contributed by atoms with van der Waals surface area (Å²) in [7, 11) is 0. The average molecular weight is 341 g/mol. The van der Waals surface area contributed by atoms with Crippen molar-refractivity contribution >= 4 is 11.9 Å². The van der Waals surface area contributed by atoms with Crippen molar-refractivity contribution in [2.45, 2.75) is 45.4 Å². The van der Waals surface area contributed by atoms with Crippen LogP contribution in [0, 0.1) is 17.2 Å². The minimum Gasteiger partial charge on any atom is -0.351 e. The topological polar surface area (TPSA) is 99.4 Å². The highest BCUT2D eigenvalue weighted by Gasteiger charge is 2.28. The zero-order valence-electron chi connectivity index (χ0n) is 14.2. The second-order valence-corrected chi connectivity index (χ2v) is 6.22. The standard InChI is InChI=1S/C17H20FN7/c1-10(9-19)20-16-23-15(14-5-3-4-13(8-18)22-14)24-17(25-16)21-11(2)12-6-7-12/h3-5,10-12H,6-8H2,1-2H3,(H2,20,21,23,24,25)/t10?,11-/m1/s1. The number of aromatic nitrogens is 4. The van der Waals surface area contributed by atoms with Crippen LogP contribution in [0.4, 0.5) is 16.3 Å². The number of rotatable bonds is 7. The fourth-order valence-corrected chi connectivity index (χ4v) is 2.44. The lowest BCUT2D eigenvalue weighted by molar-refractivity contribution is 0.476. The molecule has 25 heavy (non-hydrogen) atoms. The highest BCUT2D eigenvalue weighted by atomic mass is 19.1. The van der Waals surface area contributed by atoms with Crippen LogP contribution in [0.2, 0.25) is 0 Å². The summed E-state index contributed by atoms with van der Waals surface area (Å²) in [5.74, 6) is 1.67. The summed E-state index contributed by atoms with van der Waals surface area (Å²) >= 11 is 0. The van der Waals surface area contributed by atoms with E-state index >= 15 is 0 Å². The lowest BCUT2D eigenvalue weighted by atomic mass is 10.2. The lowest BCUT2D eigenvalue weighted by Gasteiger charge is -2.15. The number of alkyl halides is 1. The fourth-order valence-electron chi connectivity index (χ4n) is 2.44. The molecule has 1 unspecified atom stereocenters. The molecule has 1 aliphatic carbocycles. The summed E-state index contributed by atoms with van der Waals surface area (Å²) in [6, 6.07) is 6.93. The van der Waals surface area contributed by atoms with Crippen LogP contribution in [-0.2, 0) is 6.67 Å². The average Bonchev–Trinajstić information content (AvgIpc) is 3.46. The summed E-state index contributed by atoms with van der Waals surface area (Å²) in [4.78, 5) is 17.3. The molecule has 2 aromatic rings. The molecule has 7 nitrogen and oxygen atoms in total. The molecule has 1 fully saturated rings. The van der Waals surface area contributed by atoms with Crippen molar-refractivity contribution in [3.05, 3.63) is 23.9 Å². The van der Waals surface area contributed by atoms with Crippen LogP contribution in [0.15, 0.2) is 18.2 Å². The molecule has 130 valence electrons. The second kappa shape index (κ2) is 7.38. The molecular weight excluding hydrogens is 321 g/mol. The maximum Gasteiger partial charge on any atom is 0.229 e. The van der Waals surface area contributed by atoms with E-state index in [-0.39, 0.29) is 12.0 Å². The van der Waals surface area contributed by atoms with Crippen molar-refractivity contribution in [1.29, 1.82) is 5.26 Å². The number of nitrogens with zero attached hydrogens (tertiary/aromatic N) is 5. The van der Waals surface area contributed by atoms with E-state index in [1.54, 1.807) is 25.1 Å². The molecule has 0 bridgehead atoms. The van der Waals surface area contributed by atoms with E-state index in [1.165, 1.54) is 12.8 Å². The van der Waals surface area contributed by atoms with Crippen LogP contribution in [0.1, 0.15) is 32.4 Å². The predicted molar refractivity (Wildman–Crippen MR) is 92.4 cm³/mol. The largest absolute Gasteiger partial charge is 0.351 e. The Bertz CT molecular complexity index is 785. The Labute approximate surface area is 145 Å². The Kier molecular flexibility index (Phi) is 5.03. The Morgan fingerprint density at radius 1 is 1.16 bits per heavy atom. The molecule has 0 amide bonds. The third-order valence-electron chi connectivity index (χ3n) is 4.03. The Morgan fingerprint density at radius 2 is 1.88 bits per heavy atom. The van der Waals surface area contributed by atoms with E-state index in [9.17, 15) is 4.39 Å². The Balaban J connectivity index is 1.94. The van der Waals surface area contributed by atoms with Crippen LogP contribution >= 0.6 is 0 Å². The minimum absolute atomic E-state index is 0.252. The molecule has 2 aromatic heterocycles. The molecule has 1 saturated carbocycles. The van der Waals surface area contributed by atoms with Crippen LogP contribution in [0.25, 0.3) is 11.5 Å². The van der Waals surface area contributed by atoms with Gasteiger partial charge in [0, 0.05) is 6.04 Å². The van der Waals surface area contributed by atoms with Gasteiger partial charge < -0.3 is 10.6 Å². The molecule has 0 aliphatic heterocycles. The smallest absolute Gasteiger partial charge is 0.229 e. The second-order valence-electron chi connectivity index (χ2n) is 6.22. The van der Waals surface area contributed by atoms with E-state index in [1.807, 2.05) is 0 Å². The van der Waals surface area contributed by atoms with Gasteiger partial charge in [0.2, 0.25) is 11.9 Å². The monoisotopic (exact) mass is 341 g/mol. The highest BCUT2D eigenvalue weighted by molar-refractivity contribution is 5.54. The van der Waals surface area contributed by atoms with Gasteiger partial charge in [-0.3, -0.25) is 0 Å². The number of halogens is 1. The van der Waals surface area contributed by atoms with Gasteiger partial charge in [-0.2, -0.15) is 20.2 Å². The van der Waals surface area contributed by atoms with Gasteiger partial charge in [-0.1, -0.05) is 6.07 Å². The van der Waals surface area contributed by atoms with Crippen molar-refractivity contribution in [1.82, 2.24) is 19.9 Å². The lowest BCUT2D eigenvalue weighted by Crippen LogP contribution is -2.21. The maximum atomic E-state index is 12.9. The molecule has 0 radical (unpaired) electrons. The molecule has 2 N–H and O–H groups in total. The summed E-state index contributed by atoms with van der Waals surface area (Å²) in [6.07, 6.45) is 2.39. The van der Waals surface area contributed by atoms with Crippen molar-refractivity contribution in [3.63, 3.8) is 0 Å². The van der Waals surface area contributed by atoms with Gasteiger partial charge in [-0.25, -0.2) is 9.37 Å². The molecule has 0 spiro atoms. The Morgan fingerprint density at radius 3 is 2.52 bits per heavy atom. The quantitative estimate of drug-likeness (QED) is 0.798.